The average Bonchev–Trinajstić information content (AvgIpc) is 2.83. The molecule has 0 spiro atoms. The highest BCUT2D eigenvalue weighted by atomic mass is 35.5. The average molecular weight is 303 g/mol. The van der Waals surface area contributed by atoms with E-state index in [2.05, 4.69) is 18.4 Å². The summed E-state index contributed by atoms with van der Waals surface area (Å²) >= 11 is 7.62. The molecule has 1 unspecified atom stereocenters. The van der Waals surface area contributed by atoms with Gasteiger partial charge in [0.15, 0.2) is 0 Å². The van der Waals surface area contributed by atoms with Gasteiger partial charge < -0.3 is 4.74 Å². The van der Waals surface area contributed by atoms with Gasteiger partial charge in [0.1, 0.15) is 0 Å². The minimum Gasteiger partial charge on any atom is -0.377 e. The molecular formula is C14H23ClN2OS. The molecule has 108 valence electrons. The van der Waals surface area contributed by atoms with E-state index in [1.54, 1.807) is 11.3 Å². The Bertz CT molecular complexity index is 402. The van der Waals surface area contributed by atoms with Crippen molar-refractivity contribution in [2.75, 3.05) is 7.11 Å². The molecule has 1 heterocycles. The second-order valence-corrected chi connectivity index (χ2v) is 7.38. The lowest BCUT2D eigenvalue weighted by molar-refractivity contribution is -0.0745. The summed E-state index contributed by atoms with van der Waals surface area (Å²) < 4.78 is 6.72. The second-order valence-electron chi connectivity index (χ2n) is 5.58. The maximum Gasteiger partial charge on any atom is 0.0931 e. The van der Waals surface area contributed by atoms with Gasteiger partial charge in [-0.2, -0.15) is 0 Å². The maximum atomic E-state index is 6.00. The summed E-state index contributed by atoms with van der Waals surface area (Å²) in [5.74, 6) is 6.59. The van der Waals surface area contributed by atoms with E-state index in [9.17, 15) is 0 Å². The first-order valence-corrected chi connectivity index (χ1v) is 8.04. The molecule has 1 aromatic rings. The zero-order valence-electron chi connectivity index (χ0n) is 11.6. The van der Waals surface area contributed by atoms with Crippen LogP contribution >= 0.6 is 22.9 Å². The van der Waals surface area contributed by atoms with Crippen LogP contribution in [-0.4, -0.2) is 18.8 Å². The van der Waals surface area contributed by atoms with Crippen molar-refractivity contribution in [1.82, 2.24) is 5.43 Å². The molecular weight excluding hydrogens is 280 g/mol. The van der Waals surface area contributed by atoms with E-state index in [4.69, 9.17) is 22.2 Å². The quantitative estimate of drug-likeness (QED) is 0.647. The SMILES string of the molecule is COC1(C(Cc2ccc(Cl)s2)NN)CCC(C)CC1. The smallest absolute Gasteiger partial charge is 0.0931 e. The van der Waals surface area contributed by atoms with Gasteiger partial charge in [-0.1, -0.05) is 18.5 Å². The van der Waals surface area contributed by atoms with Gasteiger partial charge in [0.2, 0.25) is 0 Å². The summed E-state index contributed by atoms with van der Waals surface area (Å²) in [5, 5.41) is 0. The first kappa shape index (κ1) is 15.3. The van der Waals surface area contributed by atoms with Crippen LogP contribution in [0.2, 0.25) is 4.34 Å². The highest BCUT2D eigenvalue weighted by Gasteiger charge is 2.41. The molecule has 0 bridgehead atoms. The molecule has 1 saturated carbocycles. The molecule has 0 aliphatic heterocycles. The van der Waals surface area contributed by atoms with Gasteiger partial charge in [0.05, 0.1) is 16.0 Å². The lowest BCUT2D eigenvalue weighted by Gasteiger charge is -2.43. The van der Waals surface area contributed by atoms with Gasteiger partial charge in [-0.3, -0.25) is 11.3 Å². The van der Waals surface area contributed by atoms with E-state index in [1.807, 2.05) is 13.2 Å². The maximum absolute atomic E-state index is 6.00. The summed E-state index contributed by atoms with van der Waals surface area (Å²) in [6.07, 6.45) is 5.42. The molecule has 2 rings (SSSR count). The molecule has 0 amide bonds. The Morgan fingerprint density at radius 2 is 2.21 bits per heavy atom. The van der Waals surface area contributed by atoms with E-state index in [-0.39, 0.29) is 11.6 Å². The van der Waals surface area contributed by atoms with Crippen LogP contribution in [0.4, 0.5) is 0 Å². The number of hydrogen-bond acceptors (Lipinski definition) is 4. The molecule has 3 N–H and O–H groups in total. The van der Waals surface area contributed by atoms with E-state index in [1.165, 1.54) is 17.7 Å². The number of rotatable bonds is 5. The molecule has 3 nitrogen and oxygen atoms in total. The molecule has 1 atom stereocenters. The van der Waals surface area contributed by atoms with Crippen LogP contribution in [0.15, 0.2) is 12.1 Å². The number of hydrazine groups is 1. The van der Waals surface area contributed by atoms with Crippen molar-refractivity contribution in [1.29, 1.82) is 0 Å². The van der Waals surface area contributed by atoms with Crippen molar-refractivity contribution in [2.24, 2.45) is 11.8 Å². The fourth-order valence-electron chi connectivity index (χ4n) is 3.01. The fraction of sp³-hybridized carbons (Fsp3) is 0.714. The molecule has 0 saturated heterocycles. The third-order valence-electron chi connectivity index (χ3n) is 4.40. The van der Waals surface area contributed by atoms with E-state index >= 15 is 0 Å². The molecule has 1 aromatic heterocycles. The highest BCUT2D eigenvalue weighted by Crippen LogP contribution is 2.38. The van der Waals surface area contributed by atoms with Crippen molar-refractivity contribution in [2.45, 2.75) is 50.7 Å². The van der Waals surface area contributed by atoms with Crippen LogP contribution in [-0.2, 0) is 11.2 Å². The van der Waals surface area contributed by atoms with E-state index in [0.29, 0.717) is 0 Å². The first-order valence-electron chi connectivity index (χ1n) is 6.85. The Kier molecular flexibility index (Phi) is 5.26. The minimum absolute atomic E-state index is 0.139. The second kappa shape index (κ2) is 6.55. The molecule has 5 heteroatoms. The zero-order valence-corrected chi connectivity index (χ0v) is 13.2. The summed E-state index contributed by atoms with van der Waals surface area (Å²) in [6, 6.07) is 4.16. The lowest BCUT2D eigenvalue weighted by Crippen LogP contribution is -2.57. The number of ether oxygens (including phenoxy) is 1. The van der Waals surface area contributed by atoms with E-state index in [0.717, 1.165) is 29.5 Å². The van der Waals surface area contributed by atoms with Crippen molar-refractivity contribution < 1.29 is 4.74 Å². The number of hydrogen-bond donors (Lipinski definition) is 2. The van der Waals surface area contributed by atoms with Gasteiger partial charge in [-0.15, -0.1) is 11.3 Å². The Hall–Kier alpha value is -0.130. The van der Waals surface area contributed by atoms with Gasteiger partial charge in [0.25, 0.3) is 0 Å². The minimum atomic E-state index is -0.141. The zero-order chi connectivity index (χ0) is 13.9. The summed E-state index contributed by atoms with van der Waals surface area (Å²) in [5.41, 5.74) is 2.83. The van der Waals surface area contributed by atoms with Crippen LogP contribution in [0.1, 0.15) is 37.5 Å². The largest absolute Gasteiger partial charge is 0.377 e. The monoisotopic (exact) mass is 302 g/mol. The number of halogens is 1. The van der Waals surface area contributed by atoms with Crippen molar-refractivity contribution >= 4 is 22.9 Å². The van der Waals surface area contributed by atoms with Gasteiger partial charge in [-0.05, 0) is 43.7 Å². The van der Waals surface area contributed by atoms with Crippen LogP contribution in [0.3, 0.4) is 0 Å². The Labute approximate surface area is 124 Å². The van der Waals surface area contributed by atoms with Gasteiger partial charge in [-0.25, -0.2) is 0 Å². The van der Waals surface area contributed by atoms with Crippen molar-refractivity contribution in [3.8, 4) is 0 Å². The van der Waals surface area contributed by atoms with Crippen LogP contribution in [0.5, 0.6) is 0 Å². The lowest BCUT2D eigenvalue weighted by atomic mass is 9.74. The first-order chi connectivity index (χ1) is 9.09. The number of nitrogens with one attached hydrogen (secondary N) is 1. The van der Waals surface area contributed by atoms with E-state index < -0.39 is 0 Å². The summed E-state index contributed by atoms with van der Waals surface area (Å²) in [6.45, 7) is 2.31. The standard InChI is InChI=1S/C14H23ClN2OS/c1-10-5-7-14(18-2,8-6-10)12(17-16)9-11-3-4-13(15)19-11/h3-4,10,12,17H,5-9,16H2,1-2H3. The molecule has 0 aromatic carbocycles. The number of methoxy groups -OCH3 is 1. The Morgan fingerprint density at radius 3 is 2.68 bits per heavy atom. The Balaban J connectivity index is 2.10. The molecule has 1 aliphatic carbocycles. The molecule has 1 aliphatic rings. The summed E-state index contributed by atoms with van der Waals surface area (Å²) in [7, 11) is 1.81. The Morgan fingerprint density at radius 1 is 1.53 bits per heavy atom. The predicted octanol–water partition coefficient (Wildman–Crippen LogP) is 3.37. The number of nitrogens with two attached hydrogens (primary N) is 1. The van der Waals surface area contributed by atoms with Gasteiger partial charge >= 0.3 is 0 Å². The third kappa shape index (κ3) is 3.50. The molecule has 0 radical (unpaired) electrons. The normalized spacial score (nSPS) is 29.4. The van der Waals surface area contributed by atoms with Crippen LogP contribution in [0, 0.1) is 5.92 Å². The number of thiophene rings is 1. The highest BCUT2D eigenvalue weighted by molar-refractivity contribution is 7.16. The third-order valence-corrected chi connectivity index (χ3v) is 5.65. The van der Waals surface area contributed by atoms with Crippen molar-refractivity contribution in [3.05, 3.63) is 21.3 Å². The molecule has 19 heavy (non-hydrogen) atoms. The van der Waals surface area contributed by atoms with Crippen LogP contribution in [0.25, 0.3) is 0 Å². The predicted molar refractivity (Wildman–Crippen MR) is 81.5 cm³/mol. The van der Waals surface area contributed by atoms with Crippen LogP contribution < -0.4 is 11.3 Å². The van der Waals surface area contributed by atoms with Crippen molar-refractivity contribution in [3.63, 3.8) is 0 Å². The summed E-state index contributed by atoms with van der Waals surface area (Å²) in [4.78, 5) is 1.25. The molecule has 1 fully saturated rings. The topological polar surface area (TPSA) is 47.3 Å². The fourth-order valence-corrected chi connectivity index (χ4v) is 4.14. The van der Waals surface area contributed by atoms with Gasteiger partial charge in [0, 0.05) is 18.4 Å².